The predicted octanol–water partition coefficient (Wildman–Crippen LogP) is 3.62. The van der Waals surface area contributed by atoms with Crippen LogP contribution in [0.2, 0.25) is 0 Å². The van der Waals surface area contributed by atoms with Crippen LogP contribution in [-0.2, 0) is 0 Å². The maximum absolute atomic E-state index is 8.97. The minimum Gasteiger partial charge on any atom is -0.358 e. The van der Waals surface area contributed by atoms with Crippen LogP contribution >= 0.6 is 15.9 Å². The summed E-state index contributed by atoms with van der Waals surface area (Å²) < 4.78 is 1.04. The number of aromatic nitrogens is 1. The SMILES string of the molecule is Cc1cc(C#N)c(-c2ccc(Br)cc2)[nH]1. The lowest BCUT2D eigenvalue weighted by Crippen LogP contribution is -1.81. The van der Waals surface area contributed by atoms with Crippen molar-refractivity contribution in [3.05, 3.63) is 46.1 Å². The fraction of sp³-hybridized carbons (Fsp3) is 0.0833. The van der Waals surface area contributed by atoms with Crippen LogP contribution in [-0.4, -0.2) is 4.98 Å². The molecule has 2 aromatic rings. The normalized spacial score (nSPS) is 9.93. The topological polar surface area (TPSA) is 39.6 Å². The summed E-state index contributed by atoms with van der Waals surface area (Å²) in [6.45, 7) is 1.95. The van der Waals surface area contributed by atoms with Crippen molar-refractivity contribution < 1.29 is 0 Å². The minimum absolute atomic E-state index is 0.690. The molecule has 15 heavy (non-hydrogen) atoms. The molecule has 1 aromatic heterocycles. The first kappa shape index (κ1) is 10.0. The Labute approximate surface area is 96.7 Å². The lowest BCUT2D eigenvalue weighted by Gasteiger charge is -1.99. The molecule has 0 saturated heterocycles. The summed E-state index contributed by atoms with van der Waals surface area (Å²) in [5, 5.41) is 8.97. The number of nitriles is 1. The highest BCUT2D eigenvalue weighted by molar-refractivity contribution is 9.10. The molecule has 0 radical (unpaired) electrons. The molecule has 74 valence electrons. The second kappa shape index (κ2) is 3.92. The van der Waals surface area contributed by atoms with Crippen LogP contribution in [0.15, 0.2) is 34.8 Å². The third kappa shape index (κ3) is 1.95. The van der Waals surface area contributed by atoms with Crippen molar-refractivity contribution in [3.63, 3.8) is 0 Å². The van der Waals surface area contributed by atoms with E-state index in [-0.39, 0.29) is 0 Å². The first-order valence-electron chi connectivity index (χ1n) is 4.56. The monoisotopic (exact) mass is 260 g/mol. The van der Waals surface area contributed by atoms with E-state index in [4.69, 9.17) is 5.26 Å². The van der Waals surface area contributed by atoms with Gasteiger partial charge in [-0.05, 0) is 30.7 Å². The zero-order valence-corrected chi connectivity index (χ0v) is 9.80. The van der Waals surface area contributed by atoms with Crippen molar-refractivity contribution in [1.29, 1.82) is 5.26 Å². The summed E-state index contributed by atoms with van der Waals surface area (Å²) in [5.74, 6) is 0. The van der Waals surface area contributed by atoms with Gasteiger partial charge in [-0.2, -0.15) is 5.26 Å². The number of aryl methyl sites for hydroxylation is 1. The Kier molecular flexibility index (Phi) is 2.61. The first-order chi connectivity index (χ1) is 7.20. The van der Waals surface area contributed by atoms with Crippen molar-refractivity contribution in [1.82, 2.24) is 4.98 Å². The van der Waals surface area contributed by atoms with Crippen LogP contribution in [0.5, 0.6) is 0 Å². The molecule has 0 amide bonds. The molecule has 0 aliphatic rings. The third-order valence-corrected chi connectivity index (χ3v) is 2.73. The Morgan fingerprint density at radius 3 is 2.53 bits per heavy atom. The van der Waals surface area contributed by atoms with E-state index in [0.29, 0.717) is 5.56 Å². The summed E-state index contributed by atoms with van der Waals surface area (Å²) >= 11 is 3.38. The molecule has 0 aliphatic heterocycles. The maximum atomic E-state index is 8.97. The molecule has 2 rings (SSSR count). The highest BCUT2D eigenvalue weighted by atomic mass is 79.9. The molecule has 0 fully saturated rings. The number of hydrogen-bond acceptors (Lipinski definition) is 1. The first-order valence-corrected chi connectivity index (χ1v) is 5.35. The van der Waals surface area contributed by atoms with Gasteiger partial charge in [0.1, 0.15) is 6.07 Å². The molecule has 0 bridgehead atoms. The summed E-state index contributed by atoms with van der Waals surface area (Å²) in [7, 11) is 0. The number of halogens is 1. The molecule has 0 aliphatic carbocycles. The van der Waals surface area contributed by atoms with Gasteiger partial charge in [-0.3, -0.25) is 0 Å². The van der Waals surface area contributed by atoms with Crippen molar-refractivity contribution >= 4 is 15.9 Å². The molecular weight excluding hydrogens is 252 g/mol. The van der Waals surface area contributed by atoms with Gasteiger partial charge in [-0.1, -0.05) is 28.1 Å². The van der Waals surface area contributed by atoms with E-state index in [2.05, 4.69) is 27.0 Å². The molecule has 3 heteroatoms. The van der Waals surface area contributed by atoms with Gasteiger partial charge in [0.25, 0.3) is 0 Å². The van der Waals surface area contributed by atoms with Gasteiger partial charge in [0.05, 0.1) is 11.3 Å². The molecule has 0 spiro atoms. The number of H-pyrrole nitrogens is 1. The van der Waals surface area contributed by atoms with Gasteiger partial charge in [0.2, 0.25) is 0 Å². The molecular formula is C12H9BrN2. The van der Waals surface area contributed by atoms with Gasteiger partial charge in [0.15, 0.2) is 0 Å². The van der Waals surface area contributed by atoms with E-state index in [1.165, 1.54) is 0 Å². The Morgan fingerprint density at radius 2 is 1.93 bits per heavy atom. The fourth-order valence-electron chi connectivity index (χ4n) is 1.52. The predicted molar refractivity (Wildman–Crippen MR) is 63.4 cm³/mol. The summed E-state index contributed by atoms with van der Waals surface area (Å²) in [5.41, 5.74) is 3.62. The van der Waals surface area contributed by atoms with Gasteiger partial charge in [-0.15, -0.1) is 0 Å². The summed E-state index contributed by atoms with van der Waals surface area (Å²) in [6, 6.07) is 11.9. The van der Waals surface area contributed by atoms with E-state index in [9.17, 15) is 0 Å². The van der Waals surface area contributed by atoms with Crippen LogP contribution in [0.25, 0.3) is 11.3 Å². The van der Waals surface area contributed by atoms with Crippen molar-refractivity contribution in [2.45, 2.75) is 6.92 Å². The fourth-order valence-corrected chi connectivity index (χ4v) is 1.79. The number of nitrogens with one attached hydrogen (secondary N) is 1. The lowest BCUT2D eigenvalue weighted by atomic mass is 10.1. The van der Waals surface area contributed by atoms with Gasteiger partial charge < -0.3 is 4.98 Å². The Morgan fingerprint density at radius 1 is 1.27 bits per heavy atom. The van der Waals surface area contributed by atoms with E-state index in [1.807, 2.05) is 37.3 Å². The second-order valence-corrected chi connectivity index (χ2v) is 4.28. The van der Waals surface area contributed by atoms with E-state index < -0.39 is 0 Å². The van der Waals surface area contributed by atoms with Crippen molar-refractivity contribution in [2.75, 3.05) is 0 Å². The average molecular weight is 261 g/mol. The van der Waals surface area contributed by atoms with Crippen molar-refractivity contribution in [2.24, 2.45) is 0 Å². The number of nitrogens with zero attached hydrogens (tertiary/aromatic N) is 1. The van der Waals surface area contributed by atoms with Crippen LogP contribution in [0.3, 0.4) is 0 Å². The molecule has 2 nitrogen and oxygen atoms in total. The largest absolute Gasteiger partial charge is 0.358 e. The number of benzene rings is 1. The molecule has 0 unspecified atom stereocenters. The summed E-state index contributed by atoms with van der Waals surface area (Å²) in [6.07, 6.45) is 0. The molecule has 0 saturated carbocycles. The average Bonchev–Trinajstić information content (AvgIpc) is 2.61. The summed E-state index contributed by atoms with van der Waals surface area (Å²) in [4.78, 5) is 3.19. The van der Waals surface area contributed by atoms with Crippen LogP contribution < -0.4 is 0 Å². The van der Waals surface area contributed by atoms with Gasteiger partial charge in [-0.25, -0.2) is 0 Å². The Hall–Kier alpha value is -1.53. The van der Waals surface area contributed by atoms with Crippen LogP contribution in [0.4, 0.5) is 0 Å². The Bertz CT molecular complexity index is 518. The molecule has 0 atom stereocenters. The third-order valence-electron chi connectivity index (χ3n) is 2.21. The minimum atomic E-state index is 0.690. The van der Waals surface area contributed by atoms with Crippen LogP contribution in [0, 0.1) is 18.3 Å². The van der Waals surface area contributed by atoms with E-state index >= 15 is 0 Å². The maximum Gasteiger partial charge on any atom is 0.101 e. The quantitative estimate of drug-likeness (QED) is 0.836. The Balaban J connectivity index is 2.54. The van der Waals surface area contributed by atoms with Crippen molar-refractivity contribution in [3.8, 4) is 17.3 Å². The number of hydrogen-bond donors (Lipinski definition) is 1. The molecule has 1 aromatic carbocycles. The lowest BCUT2D eigenvalue weighted by molar-refractivity contribution is 1.27. The zero-order chi connectivity index (χ0) is 10.8. The van der Waals surface area contributed by atoms with Gasteiger partial charge >= 0.3 is 0 Å². The molecule has 1 heterocycles. The highest BCUT2D eigenvalue weighted by Gasteiger charge is 2.07. The van der Waals surface area contributed by atoms with E-state index in [0.717, 1.165) is 21.4 Å². The standard InChI is InChI=1S/C12H9BrN2/c1-8-6-10(7-14)12(15-8)9-2-4-11(13)5-3-9/h2-6,15H,1H3. The highest BCUT2D eigenvalue weighted by Crippen LogP contribution is 2.24. The van der Waals surface area contributed by atoms with E-state index in [1.54, 1.807) is 0 Å². The smallest absolute Gasteiger partial charge is 0.101 e. The zero-order valence-electron chi connectivity index (χ0n) is 8.21. The van der Waals surface area contributed by atoms with Gasteiger partial charge in [0, 0.05) is 10.2 Å². The van der Waals surface area contributed by atoms with Crippen LogP contribution in [0.1, 0.15) is 11.3 Å². The number of aromatic amines is 1. The number of rotatable bonds is 1. The molecule has 1 N–H and O–H groups in total. The second-order valence-electron chi connectivity index (χ2n) is 3.36.